The number of hydrogen-bond acceptors (Lipinski definition) is 5. The second-order valence-electron chi connectivity index (χ2n) is 10.2. The lowest BCUT2D eigenvalue weighted by Gasteiger charge is -2.18. The summed E-state index contributed by atoms with van der Waals surface area (Å²) in [5, 5.41) is 6.35. The summed E-state index contributed by atoms with van der Waals surface area (Å²) in [6.45, 7) is 6.47. The highest BCUT2D eigenvalue weighted by Gasteiger charge is 2.32. The van der Waals surface area contributed by atoms with Gasteiger partial charge in [-0.15, -0.1) is 11.3 Å². The van der Waals surface area contributed by atoms with E-state index in [0.29, 0.717) is 17.0 Å². The molecule has 1 atom stereocenters. The number of rotatable bonds is 5. The van der Waals surface area contributed by atoms with E-state index in [2.05, 4.69) is 43.5 Å². The molecule has 1 aliphatic heterocycles. The summed E-state index contributed by atoms with van der Waals surface area (Å²) in [5.74, 6) is -0.511. The number of aryl methyl sites for hydroxylation is 1. The lowest BCUT2D eigenvalue weighted by atomic mass is 9.87. The summed E-state index contributed by atoms with van der Waals surface area (Å²) in [4.78, 5) is 27.0. The third-order valence-corrected chi connectivity index (χ3v) is 9.38. The number of anilines is 1. The van der Waals surface area contributed by atoms with E-state index in [1.54, 1.807) is 6.08 Å². The molecule has 1 aromatic heterocycles. The zero-order chi connectivity index (χ0) is 24.5. The highest BCUT2D eigenvalue weighted by molar-refractivity contribution is 7.91. The van der Waals surface area contributed by atoms with Crippen molar-refractivity contribution in [2.75, 3.05) is 16.8 Å². The Morgan fingerprint density at radius 1 is 1.09 bits per heavy atom. The summed E-state index contributed by atoms with van der Waals surface area (Å²) in [6.07, 6.45) is 7.42. The molecule has 0 saturated carbocycles. The minimum atomic E-state index is -3.09. The Labute approximate surface area is 205 Å². The van der Waals surface area contributed by atoms with Crippen LogP contribution < -0.4 is 10.6 Å². The molecule has 0 bridgehead atoms. The fraction of sp³-hybridized carbons (Fsp3) is 0.462. The second kappa shape index (κ2) is 9.66. The van der Waals surface area contributed by atoms with Crippen molar-refractivity contribution in [3.8, 4) is 0 Å². The van der Waals surface area contributed by atoms with Gasteiger partial charge in [-0.25, -0.2) is 8.42 Å². The van der Waals surface area contributed by atoms with E-state index in [1.807, 2.05) is 12.1 Å². The van der Waals surface area contributed by atoms with Crippen LogP contribution in [-0.4, -0.2) is 37.8 Å². The molecule has 2 amide bonds. The molecule has 4 rings (SSSR count). The molecule has 1 aliphatic carbocycles. The van der Waals surface area contributed by atoms with Crippen LogP contribution in [0.25, 0.3) is 6.08 Å². The van der Waals surface area contributed by atoms with Crippen LogP contribution in [-0.2, 0) is 32.9 Å². The Balaban J connectivity index is 1.50. The minimum absolute atomic E-state index is 0.0243. The molecule has 0 spiro atoms. The van der Waals surface area contributed by atoms with Crippen LogP contribution in [0.3, 0.4) is 0 Å². The van der Waals surface area contributed by atoms with Gasteiger partial charge in [-0.05, 0) is 60.3 Å². The number of sulfone groups is 1. The number of fused-ring (bicyclic) bond motifs is 1. The monoisotopic (exact) mass is 500 g/mol. The fourth-order valence-electron chi connectivity index (χ4n) is 4.48. The summed E-state index contributed by atoms with van der Waals surface area (Å²) < 4.78 is 23.6. The number of carbonyl (C=O) groups is 2. The first kappa shape index (κ1) is 24.7. The van der Waals surface area contributed by atoms with Crippen molar-refractivity contribution < 1.29 is 18.0 Å². The first-order chi connectivity index (χ1) is 16.0. The summed E-state index contributed by atoms with van der Waals surface area (Å²) in [6, 6.07) is 7.73. The highest BCUT2D eigenvalue weighted by Crippen LogP contribution is 2.38. The van der Waals surface area contributed by atoms with E-state index in [0.717, 1.165) is 41.7 Å². The molecule has 182 valence electrons. The van der Waals surface area contributed by atoms with E-state index in [-0.39, 0.29) is 34.8 Å². The van der Waals surface area contributed by atoms with Gasteiger partial charge in [-0.2, -0.15) is 0 Å². The maximum atomic E-state index is 13.2. The largest absolute Gasteiger partial charge is 0.348 e. The number of thiophene rings is 1. The van der Waals surface area contributed by atoms with Crippen LogP contribution in [0, 0.1) is 0 Å². The van der Waals surface area contributed by atoms with Crippen LogP contribution in [0.2, 0.25) is 0 Å². The lowest BCUT2D eigenvalue weighted by Crippen LogP contribution is -2.36. The summed E-state index contributed by atoms with van der Waals surface area (Å²) in [5.41, 5.74) is 3.71. The van der Waals surface area contributed by atoms with Crippen molar-refractivity contribution in [3.63, 3.8) is 0 Å². The first-order valence-corrected chi connectivity index (χ1v) is 14.4. The number of carbonyl (C=O) groups excluding carboxylic acids is 2. The van der Waals surface area contributed by atoms with Gasteiger partial charge >= 0.3 is 0 Å². The highest BCUT2D eigenvalue weighted by atomic mass is 32.2. The summed E-state index contributed by atoms with van der Waals surface area (Å²) >= 11 is 1.46. The van der Waals surface area contributed by atoms with E-state index in [4.69, 9.17) is 0 Å². The number of benzene rings is 1. The molecule has 1 unspecified atom stereocenters. The molecule has 2 heterocycles. The zero-order valence-electron chi connectivity index (χ0n) is 19.9. The normalized spacial score (nSPS) is 19.7. The SMILES string of the molecule is CC(C)(C)c1ccc(/C=C/C(=O)Nc2sc3c(c2C(=O)NC2CCS(=O)(=O)C2)CCCC3)cc1. The molecule has 8 heteroatoms. The maximum absolute atomic E-state index is 13.2. The molecular formula is C26H32N2O4S2. The van der Waals surface area contributed by atoms with Crippen molar-refractivity contribution in [1.29, 1.82) is 0 Å². The topological polar surface area (TPSA) is 92.3 Å². The van der Waals surface area contributed by atoms with Gasteiger partial charge in [-0.1, -0.05) is 45.0 Å². The maximum Gasteiger partial charge on any atom is 0.254 e. The van der Waals surface area contributed by atoms with Crippen LogP contribution in [0.5, 0.6) is 0 Å². The predicted octanol–water partition coefficient (Wildman–Crippen LogP) is 4.49. The second-order valence-corrected chi connectivity index (χ2v) is 13.5. The molecule has 34 heavy (non-hydrogen) atoms. The van der Waals surface area contributed by atoms with Gasteiger partial charge in [0.15, 0.2) is 9.84 Å². The van der Waals surface area contributed by atoms with E-state index >= 15 is 0 Å². The predicted molar refractivity (Wildman–Crippen MR) is 138 cm³/mol. The molecule has 2 aromatic rings. The van der Waals surface area contributed by atoms with Crippen molar-refractivity contribution in [3.05, 3.63) is 57.5 Å². The fourth-order valence-corrected chi connectivity index (χ4v) is 7.44. The average Bonchev–Trinajstić information content (AvgIpc) is 3.30. The molecule has 1 saturated heterocycles. The summed E-state index contributed by atoms with van der Waals surface area (Å²) in [7, 11) is -3.09. The molecular weight excluding hydrogens is 468 g/mol. The standard InChI is InChI=1S/C26H32N2O4S2/c1-26(2,3)18-11-8-17(9-12-18)10-13-22(29)28-25-23(20-6-4-5-7-21(20)33-25)24(30)27-19-14-15-34(31,32)16-19/h8-13,19H,4-7,14-16H2,1-3H3,(H,27,30)(H,28,29)/b13-10+. The van der Waals surface area contributed by atoms with Crippen molar-refractivity contribution in [1.82, 2.24) is 5.32 Å². The van der Waals surface area contributed by atoms with Gasteiger partial charge in [0.25, 0.3) is 5.91 Å². The van der Waals surface area contributed by atoms with Gasteiger partial charge in [0.1, 0.15) is 5.00 Å². The molecule has 2 N–H and O–H groups in total. The lowest BCUT2D eigenvalue weighted by molar-refractivity contribution is -0.111. The first-order valence-electron chi connectivity index (χ1n) is 11.8. The zero-order valence-corrected chi connectivity index (χ0v) is 21.6. The van der Waals surface area contributed by atoms with E-state index in [1.165, 1.54) is 23.0 Å². The number of nitrogens with one attached hydrogen (secondary N) is 2. The minimum Gasteiger partial charge on any atom is -0.348 e. The van der Waals surface area contributed by atoms with Crippen LogP contribution in [0.4, 0.5) is 5.00 Å². The molecule has 1 fully saturated rings. The van der Waals surface area contributed by atoms with Gasteiger partial charge < -0.3 is 10.6 Å². The van der Waals surface area contributed by atoms with Crippen molar-refractivity contribution in [2.45, 2.75) is 64.3 Å². The third-order valence-electron chi connectivity index (χ3n) is 6.41. The van der Waals surface area contributed by atoms with Gasteiger partial charge in [0, 0.05) is 17.0 Å². The van der Waals surface area contributed by atoms with Gasteiger partial charge in [0.05, 0.1) is 17.1 Å². The van der Waals surface area contributed by atoms with Crippen LogP contribution in [0.1, 0.15) is 72.0 Å². The number of amides is 2. The van der Waals surface area contributed by atoms with E-state index < -0.39 is 9.84 Å². The van der Waals surface area contributed by atoms with Gasteiger partial charge in [-0.3, -0.25) is 9.59 Å². The Kier molecular flexibility index (Phi) is 7.01. The smallest absolute Gasteiger partial charge is 0.254 e. The van der Waals surface area contributed by atoms with Crippen molar-refractivity contribution >= 4 is 44.1 Å². The Morgan fingerprint density at radius 2 is 1.79 bits per heavy atom. The number of hydrogen-bond donors (Lipinski definition) is 2. The van der Waals surface area contributed by atoms with Crippen LogP contribution in [0.15, 0.2) is 30.3 Å². The van der Waals surface area contributed by atoms with E-state index in [9.17, 15) is 18.0 Å². The molecule has 2 aliphatic rings. The Hall–Kier alpha value is -2.45. The van der Waals surface area contributed by atoms with Crippen LogP contribution >= 0.6 is 11.3 Å². The molecule has 6 nitrogen and oxygen atoms in total. The Bertz CT molecular complexity index is 1220. The quantitative estimate of drug-likeness (QED) is 0.592. The third kappa shape index (κ3) is 5.78. The van der Waals surface area contributed by atoms with Crippen molar-refractivity contribution in [2.24, 2.45) is 0 Å². The molecule has 1 aromatic carbocycles. The average molecular weight is 501 g/mol. The van der Waals surface area contributed by atoms with Gasteiger partial charge in [0.2, 0.25) is 5.91 Å². The Morgan fingerprint density at radius 3 is 2.44 bits per heavy atom. The molecule has 0 radical (unpaired) electrons.